The van der Waals surface area contributed by atoms with Crippen LogP contribution in [0.15, 0.2) is 23.0 Å². The molecule has 1 heterocycles. The van der Waals surface area contributed by atoms with Crippen LogP contribution in [0.4, 0.5) is 0 Å². The normalized spacial score (nSPS) is 10.3. The number of nitrogens with zero attached hydrogens (tertiary/aromatic N) is 1. The summed E-state index contributed by atoms with van der Waals surface area (Å²) in [7, 11) is 0. The van der Waals surface area contributed by atoms with Gasteiger partial charge in [-0.15, -0.1) is 0 Å². The number of carbonyl (C=O) groups excluding carboxylic acids is 2. The van der Waals surface area contributed by atoms with E-state index in [2.05, 4.69) is 12.2 Å². The molecule has 0 atom stereocenters. The van der Waals surface area contributed by atoms with E-state index in [1.54, 1.807) is 11.0 Å². The Kier molecular flexibility index (Phi) is 7.47. The van der Waals surface area contributed by atoms with Gasteiger partial charge in [0.15, 0.2) is 0 Å². The van der Waals surface area contributed by atoms with E-state index in [0.29, 0.717) is 31.6 Å². The molecule has 5 nitrogen and oxygen atoms in total. The zero-order valence-corrected chi connectivity index (χ0v) is 12.4. The molecule has 112 valence electrons. The van der Waals surface area contributed by atoms with Crippen molar-refractivity contribution in [3.63, 3.8) is 0 Å². The van der Waals surface area contributed by atoms with Gasteiger partial charge in [0.25, 0.3) is 5.91 Å². The summed E-state index contributed by atoms with van der Waals surface area (Å²) in [5.41, 5.74) is 0.532. The molecule has 1 aromatic rings. The van der Waals surface area contributed by atoms with Crippen LogP contribution in [0.1, 0.15) is 49.9 Å². The highest BCUT2D eigenvalue weighted by atomic mass is 16.3. The second-order valence-corrected chi connectivity index (χ2v) is 4.76. The van der Waals surface area contributed by atoms with E-state index < -0.39 is 0 Å². The van der Waals surface area contributed by atoms with Crippen LogP contribution < -0.4 is 5.32 Å². The van der Waals surface area contributed by atoms with Gasteiger partial charge in [0.05, 0.1) is 11.8 Å². The number of hydrogen-bond acceptors (Lipinski definition) is 3. The first-order valence-corrected chi connectivity index (χ1v) is 7.27. The third kappa shape index (κ3) is 5.47. The Labute approximate surface area is 120 Å². The fourth-order valence-corrected chi connectivity index (χ4v) is 1.88. The van der Waals surface area contributed by atoms with Crippen molar-refractivity contribution in [3.8, 4) is 0 Å². The van der Waals surface area contributed by atoms with Crippen LogP contribution in [0.3, 0.4) is 0 Å². The fraction of sp³-hybridized carbons (Fsp3) is 0.600. The van der Waals surface area contributed by atoms with Crippen molar-refractivity contribution >= 4 is 11.8 Å². The molecule has 0 spiro atoms. The number of rotatable bonds is 9. The quantitative estimate of drug-likeness (QED) is 0.707. The number of nitrogens with one attached hydrogen (secondary N) is 1. The van der Waals surface area contributed by atoms with Gasteiger partial charge in [-0.1, -0.05) is 20.3 Å². The SMILES string of the molecule is CCCCNC(=O)CCN(CCC)C(=O)c1ccoc1. The topological polar surface area (TPSA) is 62.6 Å². The first-order chi connectivity index (χ1) is 9.69. The predicted octanol–water partition coefficient (Wildman–Crippen LogP) is 2.44. The van der Waals surface area contributed by atoms with Crippen LogP contribution in [-0.2, 0) is 4.79 Å². The molecule has 1 aromatic heterocycles. The number of amides is 2. The van der Waals surface area contributed by atoms with Crippen molar-refractivity contribution in [2.24, 2.45) is 0 Å². The first kappa shape index (κ1) is 16.3. The summed E-state index contributed by atoms with van der Waals surface area (Å²) < 4.78 is 4.93. The number of carbonyl (C=O) groups is 2. The highest BCUT2D eigenvalue weighted by Gasteiger charge is 2.16. The third-order valence-corrected chi connectivity index (χ3v) is 3.01. The third-order valence-electron chi connectivity index (χ3n) is 3.01. The Morgan fingerprint density at radius 3 is 2.65 bits per heavy atom. The molecule has 2 amide bonds. The van der Waals surface area contributed by atoms with Gasteiger partial charge < -0.3 is 14.6 Å². The molecule has 0 radical (unpaired) electrons. The number of furan rings is 1. The maximum atomic E-state index is 12.2. The average Bonchev–Trinajstić information content (AvgIpc) is 2.97. The second-order valence-electron chi connectivity index (χ2n) is 4.76. The fourth-order valence-electron chi connectivity index (χ4n) is 1.88. The van der Waals surface area contributed by atoms with Crippen LogP contribution in [-0.4, -0.2) is 36.3 Å². The molecule has 20 heavy (non-hydrogen) atoms. The second kappa shape index (κ2) is 9.18. The van der Waals surface area contributed by atoms with Crippen molar-refractivity contribution in [1.29, 1.82) is 0 Å². The summed E-state index contributed by atoms with van der Waals surface area (Å²) >= 11 is 0. The van der Waals surface area contributed by atoms with Crippen molar-refractivity contribution in [3.05, 3.63) is 24.2 Å². The number of unbranched alkanes of at least 4 members (excludes halogenated alkanes) is 1. The predicted molar refractivity (Wildman–Crippen MR) is 77.4 cm³/mol. The highest BCUT2D eigenvalue weighted by Crippen LogP contribution is 2.07. The standard InChI is InChI=1S/C15H24N2O3/c1-3-5-8-16-14(18)6-10-17(9-4-2)15(19)13-7-11-20-12-13/h7,11-12H,3-6,8-10H2,1-2H3,(H,16,18). The maximum Gasteiger partial charge on any atom is 0.257 e. The van der Waals surface area contributed by atoms with E-state index in [4.69, 9.17) is 4.42 Å². The summed E-state index contributed by atoms with van der Waals surface area (Å²) in [4.78, 5) is 25.6. The summed E-state index contributed by atoms with van der Waals surface area (Å²) in [6.07, 6.45) is 6.16. The summed E-state index contributed by atoms with van der Waals surface area (Å²) in [5.74, 6) is -0.0819. The molecule has 0 unspecified atom stereocenters. The van der Waals surface area contributed by atoms with Crippen LogP contribution in [0.2, 0.25) is 0 Å². The smallest absolute Gasteiger partial charge is 0.257 e. The molecule has 1 rings (SSSR count). The summed E-state index contributed by atoms with van der Waals surface area (Å²) in [6.45, 7) is 5.89. The zero-order chi connectivity index (χ0) is 14.8. The minimum absolute atomic E-state index is 0.000420. The molecule has 1 N–H and O–H groups in total. The van der Waals surface area contributed by atoms with Crippen molar-refractivity contribution in [2.45, 2.75) is 39.5 Å². The highest BCUT2D eigenvalue weighted by molar-refractivity contribution is 5.94. The van der Waals surface area contributed by atoms with Gasteiger partial charge in [0, 0.05) is 26.1 Å². The molecule has 0 aliphatic rings. The van der Waals surface area contributed by atoms with Crippen molar-refractivity contribution in [2.75, 3.05) is 19.6 Å². The van der Waals surface area contributed by atoms with Gasteiger partial charge in [-0.05, 0) is 18.9 Å². The van der Waals surface area contributed by atoms with E-state index in [9.17, 15) is 9.59 Å². The lowest BCUT2D eigenvalue weighted by molar-refractivity contribution is -0.121. The Morgan fingerprint density at radius 1 is 1.25 bits per heavy atom. The Hall–Kier alpha value is -1.78. The van der Waals surface area contributed by atoms with E-state index in [1.807, 2.05) is 6.92 Å². The maximum absolute atomic E-state index is 12.2. The molecule has 0 aromatic carbocycles. The van der Waals surface area contributed by atoms with E-state index in [-0.39, 0.29) is 11.8 Å². The Morgan fingerprint density at radius 2 is 2.05 bits per heavy atom. The molecular formula is C15H24N2O3. The lowest BCUT2D eigenvalue weighted by Crippen LogP contribution is -2.35. The van der Waals surface area contributed by atoms with E-state index in [1.165, 1.54) is 12.5 Å². The van der Waals surface area contributed by atoms with Crippen LogP contribution in [0, 0.1) is 0 Å². The lowest BCUT2D eigenvalue weighted by Gasteiger charge is -2.21. The minimum Gasteiger partial charge on any atom is -0.472 e. The Balaban J connectivity index is 2.43. The molecule has 5 heteroatoms. The first-order valence-electron chi connectivity index (χ1n) is 7.27. The molecule has 0 aliphatic carbocycles. The van der Waals surface area contributed by atoms with Crippen molar-refractivity contribution in [1.82, 2.24) is 10.2 Å². The summed E-state index contributed by atoms with van der Waals surface area (Å²) in [5, 5.41) is 2.86. The Bertz CT molecular complexity index is 401. The molecule has 0 aliphatic heterocycles. The zero-order valence-electron chi connectivity index (χ0n) is 12.4. The van der Waals surface area contributed by atoms with Gasteiger partial charge in [0.1, 0.15) is 6.26 Å². The van der Waals surface area contributed by atoms with E-state index >= 15 is 0 Å². The van der Waals surface area contributed by atoms with Crippen LogP contribution in [0.5, 0.6) is 0 Å². The van der Waals surface area contributed by atoms with Gasteiger partial charge in [-0.3, -0.25) is 9.59 Å². The molecule has 0 saturated heterocycles. The van der Waals surface area contributed by atoms with Gasteiger partial charge in [-0.2, -0.15) is 0 Å². The average molecular weight is 280 g/mol. The summed E-state index contributed by atoms with van der Waals surface area (Å²) in [6, 6.07) is 1.65. The number of hydrogen-bond donors (Lipinski definition) is 1. The van der Waals surface area contributed by atoms with Gasteiger partial charge in [-0.25, -0.2) is 0 Å². The van der Waals surface area contributed by atoms with Gasteiger partial charge in [0.2, 0.25) is 5.91 Å². The van der Waals surface area contributed by atoms with Gasteiger partial charge >= 0.3 is 0 Å². The van der Waals surface area contributed by atoms with Crippen molar-refractivity contribution < 1.29 is 14.0 Å². The van der Waals surface area contributed by atoms with E-state index in [0.717, 1.165) is 19.3 Å². The molecular weight excluding hydrogens is 256 g/mol. The molecule has 0 fully saturated rings. The molecule has 0 bridgehead atoms. The monoisotopic (exact) mass is 280 g/mol. The van der Waals surface area contributed by atoms with Crippen LogP contribution in [0.25, 0.3) is 0 Å². The molecule has 0 saturated carbocycles. The van der Waals surface area contributed by atoms with Crippen LogP contribution >= 0.6 is 0 Å². The minimum atomic E-state index is -0.0815. The largest absolute Gasteiger partial charge is 0.472 e. The lowest BCUT2D eigenvalue weighted by atomic mass is 10.2.